The van der Waals surface area contributed by atoms with Crippen LogP contribution in [0.2, 0.25) is 10.0 Å². The summed E-state index contributed by atoms with van der Waals surface area (Å²) in [6, 6.07) is 5.55. The molecule has 0 aliphatic heterocycles. The van der Waals surface area contributed by atoms with Crippen molar-refractivity contribution in [1.29, 1.82) is 0 Å². The highest BCUT2D eigenvalue weighted by Gasteiger charge is 2.24. The number of benzene rings is 1. The molecule has 30 heavy (non-hydrogen) atoms. The third-order valence-electron chi connectivity index (χ3n) is 4.19. The maximum Gasteiger partial charge on any atom is 0.261 e. The molecule has 0 radical (unpaired) electrons. The lowest BCUT2D eigenvalue weighted by atomic mass is 10.1. The maximum atomic E-state index is 13.1. The first kappa shape index (κ1) is 20.2. The van der Waals surface area contributed by atoms with Gasteiger partial charge in [0.15, 0.2) is 5.65 Å². The van der Waals surface area contributed by atoms with Gasteiger partial charge in [0.1, 0.15) is 23.2 Å². The van der Waals surface area contributed by atoms with Crippen LogP contribution in [0.15, 0.2) is 48.0 Å². The molecule has 0 fully saturated rings. The number of H-pyrrole nitrogens is 1. The van der Waals surface area contributed by atoms with Gasteiger partial charge in [-0.25, -0.2) is 28.4 Å². The van der Waals surface area contributed by atoms with Gasteiger partial charge in [-0.1, -0.05) is 23.2 Å². The molecule has 3 aromatic heterocycles. The Hall–Kier alpha value is -3.08. The summed E-state index contributed by atoms with van der Waals surface area (Å²) in [4.78, 5) is 31.9. The van der Waals surface area contributed by atoms with E-state index in [4.69, 9.17) is 23.2 Å². The van der Waals surface area contributed by atoms with Gasteiger partial charge >= 0.3 is 0 Å². The zero-order valence-electron chi connectivity index (χ0n) is 15.2. The molecule has 0 unspecified atom stereocenters. The first-order valence-electron chi connectivity index (χ1n) is 8.39. The van der Waals surface area contributed by atoms with Crippen LogP contribution in [-0.2, 0) is 10.0 Å². The SMILES string of the molecule is Cc1cc(S(=O)(=O)Nc2cc(Cl)cnc2C(=O)c2ncnc3nc[nH]c23)ccc1Cl. The Bertz CT molecular complexity index is 1400. The van der Waals surface area contributed by atoms with E-state index in [0.717, 1.165) is 0 Å². The number of rotatable bonds is 5. The fourth-order valence-corrected chi connectivity index (χ4v) is 4.15. The average Bonchev–Trinajstić information content (AvgIpc) is 3.18. The van der Waals surface area contributed by atoms with Crippen LogP contribution in [0, 0.1) is 6.92 Å². The first-order valence-corrected chi connectivity index (χ1v) is 10.6. The molecule has 2 N–H and O–H groups in total. The highest BCUT2D eigenvalue weighted by atomic mass is 35.5. The number of pyridine rings is 1. The van der Waals surface area contributed by atoms with Crippen molar-refractivity contribution >= 4 is 55.9 Å². The molecular formula is C18H12Cl2N6O3S. The smallest absolute Gasteiger partial charge is 0.261 e. The number of ketones is 1. The van der Waals surface area contributed by atoms with Gasteiger partial charge in [-0.2, -0.15) is 0 Å². The molecule has 4 rings (SSSR count). The van der Waals surface area contributed by atoms with E-state index in [2.05, 4.69) is 29.6 Å². The van der Waals surface area contributed by atoms with Crippen LogP contribution in [-0.4, -0.2) is 39.1 Å². The standard InChI is InChI=1S/C18H12Cl2N6O3S/c1-9-4-11(2-3-12(9)20)30(28,29)26-13-5-10(19)6-21-14(13)17(27)15-16-18(24-7-22-15)25-8-23-16/h2-8,26H,1H3,(H,22,23,24,25). The number of nitrogens with zero attached hydrogens (tertiary/aromatic N) is 4. The highest BCUT2D eigenvalue weighted by molar-refractivity contribution is 7.92. The molecule has 12 heteroatoms. The molecule has 4 aromatic rings. The Labute approximate surface area is 180 Å². The summed E-state index contributed by atoms with van der Waals surface area (Å²) in [6.07, 6.45) is 3.80. The number of aromatic nitrogens is 5. The second kappa shape index (κ2) is 7.63. The molecular weight excluding hydrogens is 451 g/mol. The number of nitrogens with one attached hydrogen (secondary N) is 2. The van der Waals surface area contributed by atoms with E-state index < -0.39 is 15.8 Å². The number of fused-ring (bicyclic) bond motifs is 1. The molecule has 0 spiro atoms. The fraction of sp³-hybridized carbons (Fsp3) is 0.0556. The number of hydrogen-bond acceptors (Lipinski definition) is 7. The Morgan fingerprint density at radius 2 is 1.87 bits per heavy atom. The Balaban J connectivity index is 1.78. The lowest BCUT2D eigenvalue weighted by Crippen LogP contribution is -2.18. The number of imidazole rings is 1. The van der Waals surface area contributed by atoms with Gasteiger partial charge in [-0.05, 0) is 36.8 Å². The van der Waals surface area contributed by atoms with E-state index in [0.29, 0.717) is 21.7 Å². The zero-order valence-corrected chi connectivity index (χ0v) is 17.5. The predicted octanol–water partition coefficient (Wildman–Crippen LogP) is 3.39. The fourth-order valence-electron chi connectivity index (χ4n) is 2.74. The molecule has 0 aliphatic carbocycles. The Kier molecular flexibility index (Phi) is 5.14. The van der Waals surface area contributed by atoms with Crippen molar-refractivity contribution in [1.82, 2.24) is 24.9 Å². The van der Waals surface area contributed by atoms with E-state index in [1.807, 2.05) is 0 Å². The van der Waals surface area contributed by atoms with Gasteiger partial charge in [0.2, 0.25) is 5.78 Å². The van der Waals surface area contributed by atoms with Gasteiger partial charge in [0.25, 0.3) is 10.0 Å². The van der Waals surface area contributed by atoms with Gasteiger partial charge in [0, 0.05) is 11.2 Å². The number of carbonyl (C=O) groups is 1. The predicted molar refractivity (Wildman–Crippen MR) is 111 cm³/mol. The highest BCUT2D eigenvalue weighted by Crippen LogP contribution is 2.26. The minimum absolute atomic E-state index is 0.00453. The first-order chi connectivity index (χ1) is 14.3. The molecule has 3 heterocycles. The molecule has 0 saturated heterocycles. The number of sulfonamides is 1. The number of hydrogen-bond donors (Lipinski definition) is 2. The van der Waals surface area contributed by atoms with Crippen molar-refractivity contribution in [2.24, 2.45) is 0 Å². The van der Waals surface area contributed by atoms with E-state index in [1.54, 1.807) is 6.92 Å². The van der Waals surface area contributed by atoms with Crippen LogP contribution < -0.4 is 4.72 Å². The number of carbonyl (C=O) groups excluding carboxylic acids is 1. The van der Waals surface area contributed by atoms with E-state index in [9.17, 15) is 13.2 Å². The van der Waals surface area contributed by atoms with Gasteiger partial charge in [-0.15, -0.1) is 0 Å². The van der Waals surface area contributed by atoms with Crippen LogP contribution in [0.1, 0.15) is 21.7 Å². The summed E-state index contributed by atoms with van der Waals surface area (Å²) >= 11 is 12.0. The van der Waals surface area contributed by atoms with Gasteiger partial charge in [-0.3, -0.25) is 9.52 Å². The minimum Gasteiger partial charge on any atom is -0.341 e. The van der Waals surface area contributed by atoms with E-state index >= 15 is 0 Å². The Morgan fingerprint density at radius 3 is 2.63 bits per heavy atom. The van der Waals surface area contributed by atoms with Crippen molar-refractivity contribution in [2.45, 2.75) is 11.8 Å². The van der Waals surface area contributed by atoms with Gasteiger partial charge < -0.3 is 4.98 Å². The Morgan fingerprint density at radius 1 is 1.07 bits per heavy atom. The molecule has 0 amide bonds. The largest absolute Gasteiger partial charge is 0.341 e. The van der Waals surface area contributed by atoms with E-state index in [-0.39, 0.29) is 27.0 Å². The lowest BCUT2D eigenvalue weighted by Gasteiger charge is -2.12. The molecule has 152 valence electrons. The van der Waals surface area contributed by atoms with Crippen molar-refractivity contribution in [2.75, 3.05) is 4.72 Å². The summed E-state index contributed by atoms with van der Waals surface area (Å²) in [5, 5.41) is 0.576. The molecule has 1 aromatic carbocycles. The maximum absolute atomic E-state index is 13.1. The number of anilines is 1. The molecule has 0 atom stereocenters. The lowest BCUT2D eigenvalue weighted by molar-refractivity contribution is 0.103. The number of aromatic amines is 1. The monoisotopic (exact) mass is 462 g/mol. The second-order valence-electron chi connectivity index (χ2n) is 6.22. The second-order valence-corrected chi connectivity index (χ2v) is 8.74. The third-order valence-corrected chi connectivity index (χ3v) is 6.19. The summed E-state index contributed by atoms with van der Waals surface area (Å²) in [5.74, 6) is -0.631. The quantitative estimate of drug-likeness (QED) is 0.434. The molecule has 0 saturated carbocycles. The van der Waals surface area contributed by atoms with Crippen LogP contribution in [0.3, 0.4) is 0 Å². The number of halogens is 2. The van der Waals surface area contributed by atoms with Crippen LogP contribution in [0.4, 0.5) is 5.69 Å². The van der Waals surface area contributed by atoms with Crippen molar-refractivity contribution in [3.05, 3.63) is 70.1 Å². The summed E-state index contributed by atoms with van der Waals surface area (Å²) < 4.78 is 28.1. The topological polar surface area (TPSA) is 131 Å². The van der Waals surface area contributed by atoms with E-state index in [1.165, 1.54) is 43.1 Å². The summed E-state index contributed by atoms with van der Waals surface area (Å²) in [6.45, 7) is 1.68. The number of aryl methyl sites for hydroxylation is 1. The molecule has 0 aliphatic rings. The van der Waals surface area contributed by atoms with Crippen molar-refractivity contribution in [3.63, 3.8) is 0 Å². The minimum atomic E-state index is -4.05. The van der Waals surface area contributed by atoms with Crippen LogP contribution in [0.25, 0.3) is 11.2 Å². The zero-order chi connectivity index (χ0) is 21.5. The molecule has 0 bridgehead atoms. The van der Waals surface area contributed by atoms with Gasteiger partial charge in [0.05, 0.1) is 21.9 Å². The van der Waals surface area contributed by atoms with Crippen LogP contribution in [0.5, 0.6) is 0 Å². The van der Waals surface area contributed by atoms with Crippen molar-refractivity contribution in [3.8, 4) is 0 Å². The normalized spacial score (nSPS) is 11.6. The third kappa shape index (κ3) is 3.72. The summed E-state index contributed by atoms with van der Waals surface area (Å²) in [5.41, 5.74) is 0.912. The van der Waals surface area contributed by atoms with Crippen LogP contribution >= 0.6 is 23.2 Å². The summed E-state index contributed by atoms with van der Waals surface area (Å²) in [7, 11) is -4.05. The molecule has 9 nitrogen and oxygen atoms in total. The van der Waals surface area contributed by atoms with Crippen molar-refractivity contribution < 1.29 is 13.2 Å². The average molecular weight is 463 g/mol.